The van der Waals surface area contributed by atoms with Gasteiger partial charge in [0.2, 0.25) is 0 Å². The number of nitrogens with one attached hydrogen (secondary N) is 1. The van der Waals surface area contributed by atoms with Crippen molar-refractivity contribution in [1.29, 1.82) is 0 Å². The Morgan fingerprint density at radius 3 is 2.77 bits per heavy atom. The van der Waals surface area contributed by atoms with Crippen LogP contribution in [0.2, 0.25) is 0 Å². The van der Waals surface area contributed by atoms with Crippen LogP contribution in [-0.2, 0) is 7.05 Å². The van der Waals surface area contributed by atoms with Gasteiger partial charge in [0.1, 0.15) is 0 Å². The standard InChI is InChI=1S/C8H13N3O2/c1-4-9-6-5(2)11(3)10-7(6)8(12)13/h9H,4H2,1-3H3,(H,12,13). The lowest BCUT2D eigenvalue weighted by Crippen LogP contribution is -2.05. The third-order valence-corrected chi connectivity index (χ3v) is 1.89. The quantitative estimate of drug-likeness (QED) is 0.729. The highest BCUT2D eigenvalue weighted by molar-refractivity contribution is 5.92. The Balaban J connectivity index is 3.18. The second-order valence-corrected chi connectivity index (χ2v) is 2.77. The van der Waals surface area contributed by atoms with Crippen LogP contribution in [0, 0.1) is 6.92 Å². The molecule has 2 N–H and O–H groups in total. The zero-order valence-electron chi connectivity index (χ0n) is 7.96. The van der Waals surface area contributed by atoms with E-state index in [0.717, 1.165) is 5.69 Å². The van der Waals surface area contributed by atoms with E-state index in [9.17, 15) is 4.79 Å². The van der Waals surface area contributed by atoms with Crippen molar-refractivity contribution < 1.29 is 9.90 Å². The molecule has 0 spiro atoms. The Hall–Kier alpha value is -1.52. The number of aryl methyl sites for hydroxylation is 1. The molecular formula is C8H13N3O2. The molecule has 0 aromatic carbocycles. The van der Waals surface area contributed by atoms with Crippen molar-refractivity contribution in [2.45, 2.75) is 13.8 Å². The smallest absolute Gasteiger partial charge is 0.358 e. The summed E-state index contributed by atoms with van der Waals surface area (Å²) in [5.41, 5.74) is 1.53. The predicted molar refractivity (Wildman–Crippen MR) is 49.1 cm³/mol. The third kappa shape index (κ3) is 1.63. The van der Waals surface area contributed by atoms with E-state index in [1.54, 1.807) is 11.7 Å². The monoisotopic (exact) mass is 183 g/mol. The number of carboxylic acid groups (broad SMARTS) is 1. The van der Waals surface area contributed by atoms with E-state index in [2.05, 4.69) is 10.4 Å². The van der Waals surface area contributed by atoms with Gasteiger partial charge in [-0.1, -0.05) is 0 Å². The van der Waals surface area contributed by atoms with Crippen molar-refractivity contribution in [3.63, 3.8) is 0 Å². The Bertz CT molecular complexity index is 330. The van der Waals surface area contributed by atoms with Gasteiger partial charge < -0.3 is 10.4 Å². The normalized spacial score (nSPS) is 10.1. The van der Waals surface area contributed by atoms with Gasteiger partial charge in [0, 0.05) is 13.6 Å². The van der Waals surface area contributed by atoms with Gasteiger partial charge in [-0.05, 0) is 13.8 Å². The van der Waals surface area contributed by atoms with Crippen LogP contribution in [0.3, 0.4) is 0 Å². The molecule has 0 aliphatic rings. The third-order valence-electron chi connectivity index (χ3n) is 1.89. The first kappa shape index (κ1) is 9.57. The summed E-state index contributed by atoms with van der Waals surface area (Å²) in [4.78, 5) is 10.7. The maximum atomic E-state index is 10.7. The first-order valence-electron chi connectivity index (χ1n) is 4.08. The molecule has 0 saturated carbocycles. The number of hydrogen-bond acceptors (Lipinski definition) is 3. The Morgan fingerprint density at radius 2 is 2.31 bits per heavy atom. The number of carboxylic acids is 1. The molecule has 1 rings (SSSR count). The molecule has 0 amide bonds. The van der Waals surface area contributed by atoms with E-state index in [1.165, 1.54) is 0 Å². The zero-order chi connectivity index (χ0) is 10.0. The minimum absolute atomic E-state index is 0.0850. The van der Waals surface area contributed by atoms with Crippen molar-refractivity contribution in [1.82, 2.24) is 9.78 Å². The van der Waals surface area contributed by atoms with E-state index in [1.807, 2.05) is 13.8 Å². The first-order chi connectivity index (χ1) is 6.07. The second kappa shape index (κ2) is 3.47. The molecule has 72 valence electrons. The van der Waals surface area contributed by atoms with Crippen molar-refractivity contribution in [3.8, 4) is 0 Å². The largest absolute Gasteiger partial charge is 0.476 e. The number of rotatable bonds is 3. The fourth-order valence-electron chi connectivity index (χ4n) is 1.15. The first-order valence-corrected chi connectivity index (χ1v) is 4.08. The minimum Gasteiger partial charge on any atom is -0.476 e. The van der Waals surface area contributed by atoms with Crippen molar-refractivity contribution in [2.75, 3.05) is 11.9 Å². The molecule has 5 nitrogen and oxygen atoms in total. The van der Waals surface area contributed by atoms with Crippen LogP contribution in [0.15, 0.2) is 0 Å². The zero-order valence-corrected chi connectivity index (χ0v) is 7.96. The number of anilines is 1. The van der Waals surface area contributed by atoms with Gasteiger partial charge in [-0.15, -0.1) is 0 Å². The van der Waals surface area contributed by atoms with Crippen LogP contribution in [0.4, 0.5) is 5.69 Å². The lowest BCUT2D eigenvalue weighted by atomic mass is 10.3. The average Bonchev–Trinajstić information content (AvgIpc) is 2.33. The van der Waals surface area contributed by atoms with Crippen molar-refractivity contribution in [3.05, 3.63) is 11.4 Å². The highest BCUT2D eigenvalue weighted by Gasteiger charge is 2.17. The lowest BCUT2D eigenvalue weighted by molar-refractivity contribution is 0.0690. The topological polar surface area (TPSA) is 67.2 Å². The molecule has 13 heavy (non-hydrogen) atoms. The average molecular weight is 183 g/mol. The van der Waals surface area contributed by atoms with Crippen LogP contribution in [-0.4, -0.2) is 27.4 Å². The summed E-state index contributed by atoms with van der Waals surface area (Å²) in [6, 6.07) is 0. The Kier molecular flexibility index (Phi) is 2.55. The SMILES string of the molecule is CCNc1c(C(=O)O)nn(C)c1C. The molecular weight excluding hydrogens is 170 g/mol. The molecule has 1 aromatic rings. The summed E-state index contributed by atoms with van der Waals surface area (Å²) < 4.78 is 1.56. The van der Waals surface area contributed by atoms with Gasteiger partial charge in [0.15, 0.2) is 5.69 Å². The van der Waals surface area contributed by atoms with Crippen LogP contribution < -0.4 is 5.32 Å². The molecule has 0 aliphatic heterocycles. The summed E-state index contributed by atoms with van der Waals surface area (Å²) in [5.74, 6) is -1.00. The maximum Gasteiger partial charge on any atom is 0.358 e. The highest BCUT2D eigenvalue weighted by atomic mass is 16.4. The van der Waals surface area contributed by atoms with Gasteiger partial charge in [-0.2, -0.15) is 5.10 Å². The molecule has 0 aliphatic carbocycles. The van der Waals surface area contributed by atoms with E-state index in [0.29, 0.717) is 12.2 Å². The van der Waals surface area contributed by atoms with Crippen LogP contribution in [0.5, 0.6) is 0 Å². The van der Waals surface area contributed by atoms with Crippen molar-refractivity contribution in [2.24, 2.45) is 7.05 Å². The van der Waals surface area contributed by atoms with Gasteiger partial charge in [-0.3, -0.25) is 4.68 Å². The minimum atomic E-state index is -1.00. The maximum absolute atomic E-state index is 10.7. The van der Waals surface area contributed by atoms with E-state index in [4.69, 9.17) is 5.11 Å². The van der Waals surface area contributed by atoms with Gasteiger partial charge in [0.25, 0.3) is 0 Å². The molecule has 0 unspecified atom stereocenters. The van der Waals surface area contributed by atoms with Crippen molar-refractivity contribution >= 4 is 11.7 Å². The van der Waals surface area contributed by atoms with E-state index < -0.39 is 5.97 Å². The fraction of sp³-hybridized carbons (Fsp3) is 0.500. The van der Waals surface area contributed by atoms with Crippen LogP contribution >= 0.6 is 0 Å². The van der Waals surface area contributed by atoms with E-state index in [-0.39, 0.29) is 5.69 Å². The molecule has 0 atom stereocenters. The molecule has 5 heteroatoms. The van der Waals surface area contributed by atoms with Gasteiger partial charge in [0.05, 0.1) is 11.4 Å². The summed E-state index contributed by atoms with van der Waals surface area (Å²) in [5, 5.41) is 15.7. The summed E-state index contributed by atoms with van der Waals surface area (Å²) in [7, 11) is 1.72. The summed E-state index contributed by atoms with van der Waals surface area (Å²) in [6.45, 7) is 4.43. The van der Waals surface area contributed by atoms with Crippen LogP contribution in [0.25, 0.3) is 0 Å². The van der Waals surface area contributed by atoms with Crippen LogP contribution in [0.1, 0.15) is 23.1 Å². The number of aromatic carboxylic acids is 1. The van der Waals surface area contributed by atoms with E-state index >= 15 is 0 Å². The Morgan fingerprint density at radius 1 is 1.69 bits per heavy atom. The molecule has 1 heterocycles. The molecule has 1 aromatic heterocycles. The predicted octanol–water partition coefficient (Wildman–Crippen LogP) is 0.859. The Labute approximate surface area is 76.4 Å². The molecule has 0 saturated heterocycles. The van der Waals surface area contributed by atoms with Gasteiger partial charge in [-0.25, -0.2) is 4.79 Å². The number of nitrogens with zero attached hydrogens (tertiary/aromatic N) is 2. The highest BCUT2D eigenvalue weighted by Crippen LogP contribution is 2.18. The molecule has 0 radical (unpaired) electrons. The number of carbonyl (C=O) groups is 1. The second-order valence-electron chi connectivity index (χ2n) is 2.77. The summed E-state index contributed by atoms with van der Waals surface area (Å²) in [6.07, 6.45) is 0. The summed E-state index contributed by atoms with van der Waals surface area (Å²) >= 11 is 0. The number of aromatic nitrogens is 2. The molecule has 0 fully saturated rings. The van der Waals surface area contributed by atoms with Gasteiger partial charge >= 0.3 is 5.97 Å². The molecule has 0 bridgehead atoms. The fourth-order valence-corrected chi connectivity index (χ4v) is 1.15. The lowest BCUT2D eigenvalue weighted by Gasteiger charge is -2.01. The number of hydrogen-bond donors (Lipinski definition) is 2.